The molecule has 0 aromatic carbocycles. The second-order valence-electron chi connectivity index (χ2n) is 5.44. The van der Waals surface area contributed by atoms with Gasteiger partial charge in [-0.15, -0.1) is 0 Å². The first-order valence-electron chi connectivity index (χ1n) is 7.36. The Hall–Kier alpha value is -1.36. The van der Waals surface area contributed by atoms with E-state index < -0.39 is 0 Å². The van der Waals surface area contributed by atoms with Crippen molar-refractivity contribution in [3.8, 4) is 0 Å². The van der Waals surface area contributed by atoms with Crippen LogP contribution in [0.5, 0.6) is 0 Å². The van der Waals surface area contributed by atoms with Crippen molar-refractivity contribution in [2.24, 2.45) is 0 Å². The Balaban J connectivity index is 1.75. The van der Waals surface area contributed by atoms with Crippen LogP contribution in [0.2, 0.25) is 0 Å². The fourth-order valence-electron chi connectivity index (χ4n) is 3.30. The van der Waals surface area contributed by atoms with Crippen LogP contribution in [0.4, 0.5) is 11.6 Å². The molecule has 0 bridgehead atoms. The third-order valence-corrected chi connectivity index (χ3v) is 4.28. The Kier molecular flexibility index (Phi) is 3.55. The highest BCUT2D eigenvalue weighted by Gasteiger charge is 2.37. The highest BCUT2D eigenvalue weighted by molar-refractivity contribution is 5.48. The summed E-state index contributed by atoms with van der Waals surface area (Å²) in [7, 11) is 1.90. The zero-order chi connectivity index (χ0) is 13.2. The summed E-state index contributed by atoms with van der Waals surface area (Å²) in [5, 5.41) is 6.74. The van der Waals surface area contributed by atoms with E-state index in [4.69, 9.17) is 0 Å². The van der Waals surface area contributed by atoms with Gasteiger partial charge in [-0.1, -0.05) is 6.92 Å². The molecule has 1 aromatic heterocycles. The van der Waals surface area contributed by atoms with Gasteiger partial charge < -0.3 is 10.6 Å². The predicted molar refractivity (Wildman–Crippen MR) is 77.6 cm³/mol. The minimum Gasteiger partial charge on any atom is -0.373 e. The van der Waals surface area contributed by atoms with Gasteiger partial charge in [0.1, 0.15) is 17.5 Å². The van der Waals surface area contributed by atoms with Crippen molar-refractivity contribution < 1.29 is 0 Å². The molecule has 0 radical (unpaired) electrons. The Morgan fingerprint density at radius 2 is 2.11 bits per heavy atom. The minimum atomic E-state index is 0.548. The summed E-state index contributed by atoms with van der Waals surface area (Å²) in [6.07, 6.45) is 4.76. The summed E-state index contributed by atoms with van der Waals surface area (Å²) in [5.74, 6) is 2.77. The van der Waals surface area contributed by atoms with Crippen LogP contribution in [0.15, 0.2) is 6.07 Å². The molecule has 2 aliphatic rings. The van der Waals surface area contributed by atoms with Gasteiger partial charge in [-0.25, -0.2) is 9.97 Å². The lowest BCUT2D eigenvalue weighted by molar-refractivity contribution is 0.318. The Bertz CT molecular complexity index is 425. The molecule has 0 saturated carbocycles. The standard InChI is InChI=1S/C14H23N5/c1-3-12-17-13(15-2)9-14(18-12)16-10-6-8-19-7-4-5-11(10)19/h9-11H,3-8H2,1-2H3,(H2,15,16,17,18). The monoisotopic (exact) mass is 261 g/mol. The lowest BCUT2D eigenvalue weighted by Crippen LogP contribution is -2.34. The van der Waals surface area contributed by atoms with Gasteiger partial charge >= 0.3 is 0 Å². The van der Waals surface area contributed by atoms with Gasteiger partial charge in [0.2, 0.25) is 0 Å². The van der Waals surface area contributed by atoms with E-state index in [0.29, 0.717) is 12.1 Å². The molecule has 0 amide bonds. The third-order valence-electron chi connectivity index (χ3n) is 4.28. The summed E-state index contributed by atoms with van der Waals surface area (Å²) in [6.45, 7) is 4.59. The van der Waals surface area contributed by atoms with E-state index in [9.17, 15) is 0 Å². The first kappa shape index (κ1) is 12.7. The first-order valence-corrected chi connectivity index (χ1v) is 7.36. The Labute approximate surface area is 114 Å². The number of nitrogens with one attached hydrogen (secondary N) is 2. The second kappa shape index (κ2) is 5.33. The summed E-state index contributed by atoms with van der Waals surface area (Å²) in [4.78, 5) is 11.6. The van der Waals surface area contributed by atoms with E-state index in [1.165, 1.54) is 32.4 Å². The fourth-order valence-corrected chi connectivity index (χ4v) is 3.30. The maximum absolute atomic E-state index is 4.60. The fraction of sp³-hybridized carbons (Fsp3) is 0.714. The van der Waals surface area contributed by atoms with Crippen molar-refractivity contribution in [2.45, 2.75) is 44.7 Å². The molecule has 3 heterocycles. The molecule has 1 aromatic rings. The van der Waals surface area contributed by atoms with Crippen molar-refractivity contribution in [3.63, 3.8) is 0 Å². The number of hydrogen-bond donors (Lipinski definition) is 2. The SMILES string of the molecule is CCc1nc(NC)cc(NC2CCN3CCCC23)n1. The molecule has 2 aliphatic heterocycles. The second-order valence-corrected chi connectivity index (χ2v) is 5.44. The van der Waals surface area contributed by atoms with Gasteiger partial charge in [0.05, 0.1) is 0 Å². The van der Waals surface area contributed by atoms with Gasteiger partial charge in [0, 0.05) is 38.2 Å². The third kappa shape index (κ3) is 2.52. The molecule has 2 unspecified atom stereocenters. The molecular weight excluding hydrogens is 238 g/mol. The number of hydrogen-bond acceptors (Lipinski definition) is 5. The molecule has 104 valence electrons. The maximum Gasteiger partial charge on any atom is 0.132 e. The van der Waals surface area contributed by atoms with Crippen molar-refractivity contribution in [1.29, 1.82) is 0 Å². The zero-order valence-electron chi connectivity index (χ0n) is 11.8. The number of rotatable bonds is 4. The van der Waals surface area contributed by atoms with Gasteiger partial charge in [0.15, 0.2) is 0 Å². The van der Waals surface area contributed by atoms with Crippen LogP contribution >= 0.6 is 0 Å². The van der Waals surface area contributed by atoms with Crippen LogP contribution in [0, 0.1) is 0 Å². The van der Waals surface area contributed by atoms with Crippen molar-refractivity contribution in [3.05, 3.63) is 11.9 Å². The first-order chi connectivity index (χ1) is 9.30. The van der Waals surface area contributed by atoms with Crippen LogP contribution in [0.1, 0.15) is 32.0 Å². The van der Waals surface area contributed by atoms with Crippen LogP contribution in [0.25, 0.3) is 0 Å². The highest BCUT2D eigenvalue weighted by Crippen LogP contribution is 2.30. The number of fused-ring (bicyclic) bond motifs is 1. The molecule has 2 fully saturated rings. The van der Waals surface area contributed by atoms with Gasteiger partial charge in [0.25, 0.3) is 0 Å². The quantitative estimate of drug-likeness (QED) is 0.864. The molecule has 2 saturated heterocycles. The van der Waals surface area contributed by atoms with Crippen LogP contribution < -0.4 is 10.6 Å². The molecule has 19 heavy (non-hydrogen) atoms. The van der Waals surface area contributed by atoms with E-state index in [2.05, 4.69) is 32.4 Å². The molecular formula is C14H23N5. The van der Waals surface area contributed by atoms with Crippen molar-refractivity contribution >= 4 is 11.6 Å². The molecule has 5 heteroatoms. The molecule has 0 spiro atoms. The van der Waals surface area contributed by atoms with E-state index >= 15 is 0 Å². The lowest BCUT2D eigenvalue weighted by atomic mass is 10.1. The average molecular weight is 261 g/mol. The van der Waals surface area contributed by atoms with E-state index in [1.807, 2.05) is 13.1 Å². The van der Waals surface area contributed by atoms with E-state index in [0.717, 1.165) is 23.9 Å². The maximum atomic E-state index is 4.60. The molecule has 2 atom stereocenters. The lowest BCUT2D eigenvalue weighted by Gasteiger charge is -2.22. The largest absolute Gasteiger partial charge is 0.373 e. The Morgan fingerprint density at radius 3 is 2.89 bits per heavy atom. The smallest absolute Gasteiger partial charge is 0.132 e. The number of aryl methyl sites for hydroxylation is 1. The molecule has 5 nitrogen and oxygen atoms in total. The Morgan fingerprint density at radius 1 is 1.26 bits per heavy atom. The van der Waals surface area contributed by atoms with Gasteiger partial charge in [-0.2, -0.15) is 0 Å². The number of nitrogens with zero attached hydrogens (tertiary/aromatic N) is 3. The number of anilines is 2. The topological polar surface area (TPSA) is 53.1 Å². The van der Waals surface area contributed by atoms with Crippen LogP contribution in [0.3, 0.4) is 0 Å². The minimum absolute atomic E-state index is 0.548. The van der Waals surface area contributed by atoms with E-state index in [1.54, 1.807) is 0 Å². The van der Waals surface area contributed by atoms with E-state index in [-0.39, 0.29) is 0 Å². The zero-order valence-corrected chi connectivity index (χ0v) is 11.8. The van der Waals surface area contributed by atoms with Crippen LogP contribution in [-0.2, 0) is 6.42 Å². The summed E-state index contributed by atoms with van der Waals surface area (Å²) in [5.41, 5.74) is 0. The molecule has 0 aliphatic carbocycles. The van der Waals surface area contributed by atoms with Crippen LogP contribution in [-0.4, -0.2) is 47.1 Å². The normalized spacial score (nSPS) is 26.4. The average Bonchev–Trinajstić information content (AvgIpc) is 3.03. The predicted octanol–water partition coefficient (Wildman–Crippen LogP) is 1.73. The summed E-state index contributed by atoms with van der Waals surface area (Å²) >= 11 is 0. The van der Waals surface area contributed by atoms with Crippen molar-refractivity contribution in [1.82, 2.24) is 14.9 Å². The van der Waals surface area contributed by atoms with Crippen molar-refractivity contribution in [2.75, 3.05) is 30.8 Å². The highest BCUT2D eigenvalue weighted by atomic mass is 15.2. The molecule has 3 rings (SSSR count). The summed E-state index contributed by atoms with van der Waals surface area (Å²) in [6, 6.07) is 3.27. The molecule has 2 N–H and O–H groups in total. The number of aromatic nitrogens is 2. The van der Waals surface area contributed by atoms with Gasteiger partial charge in [-0.3, -0.25) is 4.90 Å². The summed E-state index contributed by atoms with van der Waals surface area (Å²) < 4.78 is 0. The van der Waals surface area contributed by atoms with Gasteiger partial charge in [-0.05, 0) is 25.8 Å².